The number of amides is 3. The normalized spacial score (nSPS) is 19.8. The summed E-state index contributed by atoms with van der Waals surface area (Å²) in [5, 5.41) is 19.1. The van der Waals surface area contributed by atoms with Crippen molar-refractivity contribution in [3.8, 4) is 0 Å². The number of aliphatic hydroxyl groups is 1. The Morgan fingerprint density at radius 1 is 1.00 bits per heavy atom. The van der Waals surface area contributed by atoms with E-state index < -0.39 is 24.3 Å². The minimum atomic E-state index is -0.815. The summed E-state index contributed by atoms with van der Waals surface area (Å²) in [5.41, 5.74) is 1.76. The lowest BCUT2D eigenvalue weighted by molar-refractivity contribution is -0.126. The van der Waals surface area contributed by atoms with Gasteiger partial charge in [0, 0.05) is 23.9 Å². The predicted octanol–water partition coefficient (Wildman–Crippen LogP) is 4.69. The summed E-state index contributed by atoms with van der Waals surface area (Å²) >= 11 is 6.19. The monoisotopic (exact) mass is 569 g/mol. The Morgan fingerprint density at radius 3 is 2.45 bits per heavy atom. The highest BCUT2D eigenvalue weighted by Crippen LogP contribution is 2.28. The van der Waals surface area contributed by atoms with Crippen LogP contribution >= 0.6 is 11.6 Å². The Kier molecular flexibility index (Phi) is 11.2. The van der Waals surface area contributed by atoms with E-state index in [1.807, 2.05) is 48.5 Å². The van der Waals surface area contributed by atoms with Gasteiger partial charge in [0.25, 0.3) is 0 Å². The van der Waals surface area contributed by atoms with Crippen molar-refractivity contribution in [2.24, 2.45) is 11.8 Å². The van der Waals surface area contributed by atoms with Crippen LogP contribution in [-0.2, 0) is 20.7 Å². The molecule has 4 rings (SSSR count). The van der Waals surface area contributed by atoms with Crippen molar-refractivity contribution in [2.45, 2.75) is 76.0 Å². The number of rotatable bonds is 12. The molecule has 1 heterocycles. The lowest BCUT2D eigenvalue weighted by Crippen LogP contribution is -2.52. The van der Waals surface area contributed by atoms with Crippen molar-refractivity contribution >= 4 is 29.5 Å². The molecule has 4 atom stereocenters. The molecule has 1 saturated carbocycles. The van der Waals surface area contributed by atoms with Gasteiger partial charge in [-0.05, 0) is 48.4 Å². The number of alkyl carbamates (subject to hydrolysis) is 1. The molecule has 0 spiro atoms. The third-order valence-corrected chi connectivity index (χ3v) is 8.17. The molecule has 0 bridgehead atoms. The Balaban J connectivity index is 1.45. The maximum Gasteiger partial charge on any atom is 0.408 e. The molecule has 2 aromatic carbocycles. The fourth-order valence-electron chi connectivity index (χ4n) is 5.76. The maximum absolute atomic E-state index is 13.5. The molecule has 2 fully saturated rings. The molecule has 40 heavy (non-hydrogen) atoms. The molecule has 1 saturated heterocycles. The molecule has 0 radical (unpaired) electrons. The molecule has 8 nitrogen and oxygen atoms in total. The molecule has 3 amide bonds. The van der Waals surface area contributed by atoms with Crippen LogP contribution in [0.15, 0.2) is 54.6 Å². The van der Waals surface area contributed by atoms with Crippen LogP contribution in [0, 0.1) is 11.8 Å². The van der Waals surface area contributed by atoms with Crippen LogP contribution < -0.4 is 16.0 Å². The van der Waals surface area contributed by atoms with Gasteiger partial charge in [-0.3, -0.25) is 9.59 Å². The first-order valence-electron chi connectivity index (χ1n) is 14.4. The standard InChI is InChI=1S/C31H40ClN3O5/c32-25-13-7-10-22(16-25)18-28(23-11-5-2-6-12-23)40-31(39)35-27(17-21-8-3-1-4-9-21)30(38)34-26(20-36)19-24-14-15-33-29(24)37/h2,5-7,10-13,16,21,24,26-28,36H,1,3-4,8-9,14-15,17-20H2,(H,33,37)(H,34,38)(H,35,39)/t24-,26?,27?,28?/m0/s1. The number of ether oxygens (including phenoxy) is 1. The number of benzene rings is 2. The Hall–Kier alpha value is -3.10. The van der Waals surface area contributed by atoms with Gasteiger partial charge in [0.2, 0.25) is 11.8 Å². The maximum atomic E-state index is 13.5. The predicted molar refractivity (Wildman–Crippen MR) is 154 cm³/mol. The van der Waals surface area contributed by atoms with Gasteiger partial charge in [-0.15, -0.1) is 0 Å². The fraction of sp³-hybridized carbons (Fsp3) is 0.516. The van der Waals surface area contributed by atoms with E-state index in [1.54, 1.807) is 6.07 Å². The third-order valence-electron chi connectivity index (χ3n) is 7.93. The lowest BCUT2D eigenvalue weighted by Gasteiger charge is -2.29. The van der Waals surface area contributed by atoms with Crippen molar-refractivity contribution in [1.82, 2.24) is 16.0 Å². The largest absolute Gasteiger partial charge is 0.441 e. The molecule has 2 aliphatic rings. The van der Waals surface area contributed by atoms with Gasteiger partial charge in [-0.2, -0.15) is 0 Å². The minimum Gasteiger partial charge on any atom is -0.441 e. The zero-order valence-electron chi connectivity index (χ0n) is 22.8. The first kappa shape index (κ1) is 29.9. The molecule has 9 heteroatoms. The third kappa shape index (κ3) is 8.96. The summed E-state index contributed by atoms with van der Waals surface area (Å²) in [6, 6.07) is 15.5. The summed E-state index contributed by atoms with van der Waals surface area (Å²) in [4.78, 5) is 38.8. The summed E-state index contributed by atoms with van der Waals surface area (Å²) in [5.74, 6) is -0.356. The number of carbonyl (C=O) groups is 3. The van der Waals surface area contributed by atoms with Gasteiger partial charge in [-0.25, -0.2) is 4.79 Å². The van der Waals surface area contributed by atoms with Crippen LogP contribution in [0.2, 0.25) is 5.02 Å². The van der Waals surface area contributed by atoms with E-state index in [9.17, 15) is 19.5 Å². The second kappa shape index (κ2) is 15.1. The molecular weight excluding hydrogens is 530 g/mol. The topological polar surface area (TPSA) is 117 Å². The van der Waals surface area contributed by atoms with E-state index in [4.69, 9.17) is 16.3 Å². The first-order valence-corrected chi connectivity index (χ1v) is 14.7. The fourth-order valence-corrected chi connectivity index (χ4v) is 5.97. The molecule has 0 aromatic heterocycles. The molecule has 3 unspecified atom stereocenters. The second-order valence-electron chi connectivity index (χ2n) is 11.0. The van der Waals surface area contributed by atoms with E-state index in [1.165, 1.54) is 6.42 Å². The van der Waals surface area contributed by atoms with E-state index in [0.29, 0.717) is 43.2 Å². The zero-order chi connectivity index (χ0) is 28.3. The van der Waals surface area contributed by atoms with Gasteiger partial charge in [0.1, 0.15) is 12.1 Å². The quantitative estimate of drug-likeness (QED) is 0.296. The Labute approximate surface area is 241 Å². The van der Waals surface area contributed by atoms with Crippen LogP contribution in [-0.4, -0.2) is 48.2 Å². The van der Waals surface area contributed by atoms with Gasteiger partial charge < -0.3 is 25.8 Å². The van der Waals surface area contributed by atoms with Crippen LogP contribution in [0.5, 0.6) is 0 Å². The highest BCUT2D eigenvalue weighted by molar-refractivity contribution is 6.30. The second-order valence-corrected chi connectivity index (χ2v) is 11.4. The molecule has 4 N–H and O–H groups in total. The van der Waals surface area contributed by atoms with Crippen molar-refractivity contribution < 1.29 is 24.2 Å². The summed E-state index contributed by atoms with van der Waals surface area (Å²) in [7, 11) is 0. The van der Waals surface area contributed by atoms with Crippen molar-refractivity contribution in [3.05, 3.63) is 70.7 Å². The molecule has 1 aliphatic heterocycles. The van der Waals surface area contributed by atoms with E-state index in [-0.39, 0.29) is 24.3 Å². The Bertz CT molecular complexity index is 1120. The zero-order valence-corrected chi connectivity index (χ0v) is 23.6. The molecule has 216 valence electrons. The lowest BCUT2D eigenvalue weighted by atomic mass is 9.84. The average Bonchev–Trinajstić information content (AvgIpc) is 3.36. The van der Waals surface area contributed by atoms with Crippen molar-refractivity contribution in [1.29, 1.82) is 0 Å². The van der Waals surface area contributed by atoms with Gasteiger partial charge in [0.15, 0.2) is 0 Å². The number of hydrogen-bond acceptors (Lipinski definition) is 5. The minimum absolute atomic E-state index is 0.0557. The van der Waals surface area contributed by atoms with Gasteiger partial charge in [-0.1, -0.05) is 86.2 Å². The summed E-state index contributed by atoms with van der Waals surface area (Å²) in [6.45, 7) is 0.316. The first-order chi connectivity index (χ1) is 19.4. The Morgan fingerprint density at radius 2 is 1.77 bits per heavy atom. The number of aliphatic hydroxyl groups excluding tert-OH is 1. The van der Waals surface area contributed by atoms with E-state index >= 15 is 0 Å². The van der Waals surface area contributed by atoms with Crippen LogP contribution in [0.4, 0.5) is 4.79 Å². The number of carbonyl (C=O) groups excluding carboxylic acids is 3. The number of nitrogens with one attached hydrogen (secondary N) is 3. The average molecular weight is 570 g/mol. The van der Waals surface area contributed by atoms with Gasteiger partial charge in [0.05, 0.1) is 12.6 Å². The highest BCUT2D eigenvalue weighted by Gasteiger charge is 2.32. The number of hydrogen-bond donors (Lipinski definition) is 4. The van der Waals surface area contributed by atoms with Gasteiger partial charge >= 0.3 is 6.09 Å². The van der Waals surface area contributed by atoms with Crippen LogP contribution in [0.3, 0.4) is 0 Å². The van der Waals surface area contributed by atoms with Crippen LogP contribution in [0.1, 0.15) is 68.6 Å². The molecule has 2 aromatic rings. The van der Waals surface area contributed by atoms with E-state index in [0.717, 1.165) is 36.8 Å². The van der Waals surface area contributed by atoms with Crippen molar-refractivity contribution in [3.63, 3.8) is 0 Å². The summed E-state index contributed by atoms with van der Waals surface area (Å²) < 4.78 is 5.93. The highest BCUT2D eigenvalue weighted by atomic mass is 35.5. The molecular formula is C31H40ClN3O5. The van der Waals surface area contributed by atoms with Crippen LogP contribution in [0.25, 0.3) is 0 Å². The number of halogens is 1. The smallest absolute Gasteiger partial charge is 0.408 e. The summed E-state index contributed by atoms with van der Waals surface area (Å²) in [6.07, 6.45) is 6.10. The SMILES string of the molecule is O=C(NC(CC1CCCCC1)C(=O)NC(CO)C[C@@H]1CCNC1=O)OC(Cc1cccc(Cl)c1)c1ccccc1. The van der Waals surface area contributed by atoms with E-state index in [2.05, 4.69) is 16.0 Å². The molecule has 1 aliphatic carbocycles. The van der Waals surface area contributed by atoms with Crippen molar-refractivity contribution in [2.75, 3.05) is 13.2 Å².